The van der Waals surface area contributed by atoms with Crippen LogP contribution in [0.2, 0.25) is 5.02 Å². The van der Waals surface area contributed by atoms with Crippen molar-refractivity contribution in [3.8, 4) is 0 Å². The molecule has 1 N–H and O–H groups in total. The van der Waals surface area contributed by atoms with Crippen molar-refractivity contribution in [3.05, 3.63) is 52.3 Å². The van der Waals surface area contributed by atoms with Crippen LogP contribution >= 0.6 is 11.6 Å². The molecule has 0 fully saturated rings. The number of aromatic nitrogens is 2. The number of rotatable bonds is 5. The minimum absolute atomic E-state index is 0.114. The lowest BCUT2D eigenvalue weighted by molar-refractivity contribution is 0.0928. The molecular weight excluding hydrogens is 305 g/mol. The highest BCUT2D eigenvalue weighted by Crippen LogP contribution is 2.25. The molecule has 6 heteroatoms. The van der Waals surface area contributed by atoms with E-state index >= 15 is 0 Å². The molecule has 0 saturated carbocycles. The van der Waals surface area contributed by atoms with Crippen molar-refractivity contribution in [3.63, 3.8) is 0 Å². The number of benzene rings is 1. The fourth-order valence-corrected chi connectivity index (χ4v) is 2.60. The molecule has 0 bridgehead atoms. The van der Waals surface area contributed by atoms with Crippen molar-refractivity contribution in [1.29, 1.82) is 0 Å². The number of carbonyl (C=O) groups is 1. The van der Waals surface area contributed by atoms with Crippen LogP contribution in [-0.2, 0) is 7.05 Å². The second kappa shape index (κ2) is 6.92. The summed E-state index contributed by atoms with van der Waals surface area (Å²) in [5.41, 5.74) is 0.550. The number of hydrogen-bond donors (Lipinski definition) is 1. The Morgan fingerprint density at radius 1 is 1.50 bits per heavy atom. The minimum Gasteiger partial charge on any atom is -0.342 e. The van der Waals surface area contributed by atoms with Crippen molar-refractivity contribution >= 4 is 17.5 Å². The topological polar surface area (TPSA) is 46.9 Å². The van der Waals surface area contributed by atoms with Crippen LogP contribution in [0.3, 0.4) is 0 Å². The highest BCUT2D eigenvalue weighted by molar-refractivity contribution is 6.34. The van der Waals surface area contributed by atoms with E-state index in [1.807, 2.05) is 24.7 Å². The normalized spacial score (nSPS) is 12.2. The third kappa shape index (κ3) is 3.30. The first-order valence-electron chi connectivity index (χ1n) is 7.18. The maximum Gasteiger partial charge on any atom is 0.256 e. The lowest BCUT2D eigenvalue weighted by atomic mass is 10.1. The van der Waals surface area contributed by atoms with Gasteiger partial charge in [0.1, 0.15) is 11.6 Å². The first-order valence-corrected chi connectivity index (χ1v) is 7.56. The third-order valence-corrected chi connectivity index (χ3v) is 4.05. The van der Waals surface area contributed by atoms with Crippen LogP contribution in [0.4, 0.5) is 4.39 Å². The molecule has 0 spiro atoms. The molecule has 0 aliphatic rings. The number of imidazole rings is 1. The lowest BCUT2D eigenvalue weighted by Gasteiger charge is -2.19. The predicted molar refractivity (Wildman–Crippen MR) is 84.5 cm³/mol. The van der Waals surface area contributed by atoms with Crippen LogP contribution in [0.15, 0.2) is 24.5 Å². The number of carbonyl (C=O) groups excluding carboxylic acids is 1. The summed E-state index contributed by atoms with van der Waals surface area (Å²) in [5, 5.41) is 2.99. The number of halogens is 2. The molecular formula is C16H19ClFN3O. The zero-order valence-electron chi connectivity index (χ0n) is 12.9. The maximum atomic E-state index is 14.0. The van der Waals surface area contributed by atoms with E-state index in [2.05, 4.69) is 10.3 Å². The summed E-state index contributed by atoms with van der Waals surface area (Å²) in [6, 6.07) is 2.52. The molecule has 1 heterocycles. The predicted octanol–water partition coefficient (Wildman–Crippen LogP) is 3.79. The summed E-state index contributed by atoms with van der Waals surface area (Å²) in [5.74, 6) is -0.407. The van der Waals surface area contributed by atoms with Gasteiger partial charge in [-0.15, -0.1) is 0 Å². The molecule has 22 heavy (non-hydrogen) atoms. The molecule has 4 nitrogen and oxygen atoms in total. The van der Waals surface area contributed by atoms with Gasteiger partial charge in [-0.2, -0.15) is 0 Å². The number of aryl methyl sites for hydroxylation is 2. The fourth-order valence-electron chi connectivity index (χ4n) is 2.36. The van der Waals surface area contributed by atoms with Crippen LogP contribution in [-0.4, -0.2) is 15.5 Å². The van der Waals surface area contributed by atoms with E-state index in [9.17, 15) is 9.18 Å². The molecule has 118 valence electrons. The lowest BCUT2D eigenvalue weighted by Crippen LogP contribution is -2.31. The van der Waals surface area contributed by atoms with Crippen molar-refractivity contribution in [1.82, 2.24) is 14.9 Å². The standard InChI is InChI=1S/C16H19ClFN3O/c1-4-5-12(15-19-8-9-21(15)3)20-16(22)13-11(18)7-6-10(2)14(13)17/h6-9,12H,4-5H2,1-3H3,(H,20,22)/t12-/m1/s1. The molecule has 0 saturated heterocycles. The molecule has 2 rings (SSSR count). The average molecular weight is 324 g/mol. The second-order valence-corrected chi connectivity index (χ2v) is 5.64. The van der Waals surface area contributed by atoms with E-state index in [0.29, 0.717) is 12.0 Å². The van der Waals surface area contributed by atoms with Gasteiger partial charge in [0.15, 0.2) is 0 Å². The molecule has 0 unspecified atom stereocenters. The van der Waals surface area contributed by atoms with Crippen LogP contribution in [0.1, 0.15) is 47.6 Å². The average Bonchev–Trinajstić information content (AvgIpc) is 2.89. The molecule has 1 aromatic carbocycles. The quantitative estimate of drug-likeness (QED) is 0.910. The van der Waals surface area contributed by atoms with Gasteiger partial charge in [-0.1, -0.05) is 31.0 Å². The van der Waals surface area contributed by atoms with Gasteiger partial charge in [-0.05, 0) is 25.0 Å². The minimum atomic E-state index is -0.622. The Bertz CT molecular complexity index is 684. The second-order valence-electron chi connectivity index (χ2n) is 5.26. The van der Waals surface area contributed by atoms with Crippen LogP contribution < -0.4 is 5.32 Å². The Labute approximate surface area is 134 Å². The van der Waals surface area contributed by atoms with Crippen molar-refractivity contribution in [2.45, 2.75) is 32.7 Å². The Morgan fingerprint density at radius 2 is 2.23 bits per heavy atom. The van der Waals surface area contributed by atoms with E-state index in [1.54, 1.807) is 19.2 Å². The van der Waals surface area contributed by atoms with Gasteiger partial charge in [0.2, 0.25) is 0 Å². The molecule has 2 aromatic rings. The fraction of sp³-hybridized carbons (Fsp3) is 0.375. The van der Waals surface area contributed by atoms with Gasteiger partial charge < -0.3 is 9.88 Å². The Kier molecular flexibility index (Phi) is 5.19. The van der Waals surface area contributed by atoms with E-state index in [4.69, 9.17) is 11.6 Å². The summed E-state index contributed by atoms with van der Waals surface area (Å²) in [6.45, 7) is 3.75. The molecule has 1 aromatic heterocycles. The zero-order valence-corrected chi connectivity index (χ0v) is 13.6. The first kappa shape index (κ1) is 16.5. The number of nitrogens with one attached hydrogen (secondary N) is 1. The third-order valence-electron chi connectivity index (χ3n) is 3.56. The van der Waals surface area contributed by atoms with Crippen molar-refractivity contribution in [2.75, 3.05) is 0 Å². The number of amides is 1. The van der Waals surface area contributed by atoms with Crippen LogP contribution in [0.25, 0.3) is 0 Å². The SMILES string of the molecule is CCC[C@@H](NC(=O)c1c(F)ccc(C)c1Cl)c1nccn1C. The van der Waals surface area contributed by atoms with Gasteiger partial charge in [-0.3, -0.25) is 4.79 Å². The van der Waals surface area contributed by atoms with Crippen LogP contribution in [0.5, 0.6) is 0 Å². The summed E-state index contributed by atoms with van der Waals surface area (Å²) in [7, 11) is 1.86. The van der Waals surface area contributed by atoms with Gasteiger partial charge in [-0.25, -0.2) is 9.37 Å². The largest absolute Gasteiger partial charge is 0.342 e. The summed E-state index contributed by atoms with van der Waals surface area (Å²) in [6.07, 6.45) is 5.05. The van der Waals surface area contributed by atoms with Gasteiger partial charge >= 0.3 is 0 Å². The highest BCUT2D eigenvalue weighted by atomic mass is 35.5. The Morgan fingerprint density at radius 3 is 2.82 bits per heavy atom. The maximum absolute atomic E-state index is 14.0. The Hall–Kier alpha value is -1.88. The number of hydrogen-bond acceptors (Lipinski definition) is 2. The summed E-state index contributed by atoms with van der Waals surface area (Å²) >= 11 is 6.09. The molecule has 0 aliphatic heterocycles. The van der Waals surface area contributed by atoms with E-state index in [1.165, 1.54) is 6.07 Å². The van der Waals surface area contributed by atoms with E-state index in [0.717, 1.165) is 12.2 Å². The highest BCUT2D eigenvalue weighted by Gasteiger charge is 2.23. The van der Waals surface area contributed by atoms with Gasteiger partial charge in [0.25, 0.3) is 5.91 Å². The van der Waals surface area contributed by atoms with Gasteiger partial charge in [0, 0.05) is 19.4 Å². The smallest absolute Gasteiger partial charge is 0.256 e. The van der Waals surface area contributed by atoms with E-state index < -0.39 is 11.7 Å². The summed E-state index contributed by atoms with van der Waals surface area (Å²) < 4.78 is 15.8. The van der Waals surface area contributed by atoms with Crippen molar-refractivity contribution in [2.24, 2.45) is 7.05 Å². The summed E-state index contributed by atoms with van der Waals surface area (Å²) in [4.78, 5) is 16.7. The molecule has 1 atom stereocenters. The van der Waals surface area contributed by atoms with E-state index in [-0.39, 0.29) is 16.6 Å². The molecule has 0 aliphatic carbocycles. The zero-order chi connectivity index (χ0) is 16.3. The van der Waals surface area contributed by atoms with Crippen LogP contribution in [0, 0.1) is 12.7 Å². The van der Waals surface area contributed by atoms with Gasteiger partial charge in [0.05, 0.1) is 16.6 Å². The number of nitrogens with zero attached hydrogens (tertiary/aromatic N) is 2. The molecule has 1 amide bonds. The Balaban J connectivity index is 2.30. The molecule has 0 radical (unpaired) electrons. The first-order chi connectivity index (χ1) is 10.5. The van der Waals surface area contributed by atoms with Crippen molar-refractivity contribution < 1.29 is 9.18 Å². The monoisotopic (exact) mass is 323 g/mol.